The molecule has 0 fully saturated rings. The SMILES string of the molecule is CCCCCCC/C=C/CCCCCCCCC(CC(=O)O)C(=O)N(CC)CC. The lowest BCUT2D eigenvalue weighted by Crippen LogP contribution is -2.36. The summed E-state index contributed by atoms with van der Waals surface area (Å²) in [5.74, 6) is -1.22. The van der Waals surface area contributed by atoms with Gasteiger partial charge in [-0.3, -0.25) is 9.59 Å². The Morgan fingerprint density at radius 3 is 1.72 bits per heavy atom. The molecule has 0 saturated carbocycles. The maximum Gasteiger partial charge on any atom is 0.304 e. The van der Waals surface area contributed by atoms with E-state index in [1.54, 1.807) is 4.90 Å². The van der Waals surface area contributed by atoms with Gasteiger partial charge >= 0.3 is 5.97 Å². The minimum absolute atomic E-state index is 0.00884. The second kappa shape index (κ2) is 20.0. The summed E-state index contributed by atoms with van der Waals surface area (Å²) in [5.41, 5.74) is 0. The van der Waals surface area contributed by atoms with Gasteiger partial charge in [0.15, 0.2) is 0 Å². The fourth-order valence-electron chi connectivity index (χ4n) is 3.78. The van der Waals surface area contributed by atoms with Crippen molar-refractivity contribution in [1.29, 1.82) is 0 Å². The Kier molecular flexibility index (Phi) is 19.1. The maximum absolute atomic E-state index is 12.5. The van der Waals surface area contributed by atoms with Gasteiger partial charge in [-0.25, -0.2) is 0 Å². The molecule has 4 heteroatoms. The van der Waals surface area contributed by atoms with Gasteiger partial charge < -0.3 is 10.0 Å². The largest absolute Gasteiger partial charge is 0.481 e. The van der Waals surface area contributed by atoms with Gasteiger partial charge in [-0.2, -0.15) is 0 Å². The Balaban J connectivity index is 3.74. The minimum Gasteiger partial charge on any atom is -0.481 e. The van der Waals surface area contributed by atoms with Crippen LogP contribution in [0.25, 0.3) is 0 Å². The molecule has 0 radical (unpaired) electrons. The van der Waals surface area contributed by atoms with Crippen LogP contribution in [0.5, 0.6) is 0 Å². The van der Waals surface area contributed by atoms with Crippen LogP contribution in [0.3, 0.4) is 0 Å². The third-order valence-corrected chi connectivity index (χ3v) is 5.66. The number of carbonyl (C=O) groups excluding carboxylic acids is 1. The predicted octanol–water partition coefficient (Wildman–Crippen LogP) is 6.98. The van der Waals surface area contributed by atoms with Gasteiger partial charge in [-0.05, 0) is 46.0 Å². The molecule has 0 heterocycles. The summed E-state index contributed by atoms with van der Waals surface area (Å²) in [5, 5.41) is 9.11. The first-order valence-corrected chi connectivity index (χ1v) is 12.2. The molecule has 0 aromatic carbocycles. The molecule has 0 saturated heterocycles. The van der Waals surface area contributed by atoms with Gasteiger partial charge in [0.05, 0.1) is 6.42 Å². The van der Waals surface area contributed by atoms with Crippen LogP contribution in [0.2, 0.25) is 0 Å². The molecule has 0 bridgehead atoms. The van der Waals surface area contributed by atoms with Crippen LogP contribution in [0.4, 0.5) is 0 Å². The molecule has 0 rings (SSSR count). The number of allylic oxidation sites excluding steroid dienone is 2. The van der Waals surface area contributed by atoms with Gasteiger partial charge in [0, 0.05) is 19.0 Å². The molecule has 1 N–H and O–H groups in total. The van der Waals surface area contributed by atoms with E-state index in [1.807, 2.05) is 13.8 Å². The van der Waals surface area contributed by atoms with E-state index in [9.17, 15) is 9.59 Å². The average Bonchev–Trinajstić information content (AvgIpc) is 2.70. The number of carboxylic acid groups (broad SMARTS) is 1. The van der Waals surface area contributed by atoms with Crippen LogP contribution in [0, 0.1) is 5.92 Å². The Morgan fingerprint density at radius 1 is 0.759 bits per heavy atom. The predicted molar refractivity (Wildman–Crippen MR) is 123 cm³/mol. The van der Waals surface area contributed by atoms with Crippen LogP contribution in [0.15, 0.2) is 12.2 Å². The normalized spacial score (nSPS) is 12.4. The van der Waals surface area contributed by atoms with Crippen molar-refractivity contribution in [3.63, 3.8) is 0 Å². The van der Waals surface area contributed by atoms with E-state index in [0.717, 1.165) is 12.8 Å². The highest BCUT2D eigenvalue weighted by Gasteiger charge is 2.24. The number of carboxylic acids is 1. The Labute approximate surface area is 180 Å². The van der Waals surface area contributed by atoms with Crippen molar-refractivity contribution in [2.75, 3.05) is 13.1 Å². The fraction of sp³-hybridized carbons (Fsp3) is 0.840. The zero-order chi connectivity index (χ0) is 21.7. The highest BCUT2D eigenvalue weighted by Crippen LogP contribution is 2.18. The molecular formula is C25H47NO3. The van der Waals surface area contributed by atoms with E-state index in [4.69, 9.17) is 5.11 Å². The van der Waals surface area contributed by atoms with Crippen molar-refractivity contribution in [3.8, 4) is 0 Å². The molecule has 0 aliphatic rings. The first-order chi connectivity index (χ1) is 14.1. The summed E-state index contributed by atoms with van der Waals surface area (Å²) in [6, 6.07) is 0. The van der Waals surface area contributed by atoms with Gasteiger partial charge in [-0.15, -0.1) is 0 Å². The molecule has 1 amide bonds. The highest BCUT2D eigenvalue weighted by molar-refractivity contribution is 5.83. The molecule has 0 aromatic rings. The van der Waals surface area contributed by atoms with Crippen molar-refractivity contribution >= 4 is 11.9 Å². The number of unbranched alkanes of at least 4 members (excludes halogenated alkanes) is 11. The summed E-state index contributed by atoms with van der Waals surface area (Å²) in [7, 11) is 0. The Bertz CT molecular complexity index is 430. The van der Waals surface area contributed by atoms with E-state index in [2.05, 4.69) is 19.1 Å². The maximum atomic E-state index is 12.5. The third-order valence-electron chi connectivity index (χ3n) is 5.66. The number of aliphatic carboxylic acids is 1. The number of hydrogen-bond acceptors (Lipinski definition) is 2. The Hall–Kier alpha value is -1.32. The van der Waals surface area contributed by atoms with Gasteiger partial charge in [-0.1, -0.05) is 76.9 Å². The molecule has 0 spiro atoms. The van der Waals surface area contributed by atoms with Crippen LogP contribution >= 0.6 is 0 Å². The summed E-state index contributed by atoms with van der Waals surface area (Å²) >= 11 is 0. The molecule has 1 atom stereocenters. The lowest BCUT2D eigenvalue weighted by atomic mass is 9.95. The van der Waals surface area contributed by atoms with Crippen molar-refractivity contribution in [1.82, 2.24) is 4.90 Å². The minimum atomic E-state index is -0.871. The third kappa shape index (κ3) is 16.2. The number of carbonyl (C=O) groups is 2. The van der Waals surface area contributed by atoms with Gasteiger partial charge in [0.2, 0.25) is 5.91 Å². The number of nitrogens with zero attached hydrogens (tertiary/aromatic N) is 1. The molecule has 0 aromatic heterocycles. The topological polar surface area (TPSA) is 57.6 Å². The van der Waals surface area contributed by atoms with Crippen molar-refractivity contribution in [2.24, 2.45) is 5.92 Å². The first kappa shape index (κ1) is 27.7. The summed E-state index contributed by atoms with van der Waals surface area (Å²) in [6.07, 6.45) is 21.5. The number of hydrogen-bond donors (Lipinski definition) is 1. The molecule has 1 unspecified atom stereocenters. The molecule has 170 valence electrons. The van der Waals surface area contributed by atoms with E-state index >= 15 is 0 Å². The second-order valence-corrected chi connectivity index (χ2v) is 8.18. The Morgan fingerprint density at radius 2 is 1.24 bits per heavy atom. The van der Waals surface area contributed by atoms with Gasteiger partial charge in [0.1, 0.15) is 0 Å². The number of rotatable bonds is 20. The lowest BCUT2D eigenvalue weighted by molar-refractivity contribution is -0.144. The zero-order valence-corrected chi connectivity index (χ0v) is 19.5. The van der Waals surface area contributed by atoms with E-state index in [0.29, 0.717) is 19.5 Å². The van der Waals surface area contributed by atoms with Crippen LogP contribution in [-0.4, -0.2) is 35.0 Å². The fourth-order valence-corrected chi connectivity index (χ4v) is 3.78. The van der Waals surface area contributed by atoms with Crippen molar-refractivity contribution in [3.05, 3.63) is 12.2 Å². The van der Waals surface area contributed by atoms with E-state index in [-0.39, 0.29) is 18.2 Å². The van der Waals surface area contributed by atoms with Crippen LogP contribution in [0.1, 0.15) is 117 Å². The highest BCUT2D eigenvalue weighted by atomic mass is 16.4. The second-order valence-electron chi connectivity index (χ2n) is 8.18. The molecular weight excluding hydrogens is 362 g/mol. The van der Waals surface area contributed by atoms with Crippen LogP contribution < -0.4 is 0 Å². The average molecular weight is 410 g/mol. The van der Waals surface area contributed by atoms with Crippen molar-refractivity contribution in [2.45, 2.75) is 117 Å². The van der Waals surface area contributed by atoms with E-state index in [1.165, 1.54) is 70.6 Å². The van der Waals surface area contributed by atoms with Crippen LogP contribution in [-0.2, 0) is 9.59 Å². The van der Waals surface area contributed by atoms with Crippen molar-refractivity contribution < 1.29 is 14.7 Å². The van der Waals surface area contributed by atoms with E-state index < -0.39 is 5.97 Å². The zero-order valence-electron chi connectivity index (χ0n) is 19.5. The summed E-state index contributed by atoms with van der Waals surface area (Å²) in [4.78, 5) is 25.3. The quantitative estimate of drug-likeness (QED) is 0.174. The standard InChI is InChI=1S/C25H47NO3/c1-4-7-8-9-10-11-12-13-14-15-16-17-18-19-20-21-23(22-24(27)28)25(29)26(5-2)6-3/h12-13,23H,4-11,14-22H2,1-3H3,(H,27,28)/b13-12+. The summed E-state index contributed by atoms with van der Waals surface area (Å²) < 4.78 is 0. The smallest absolute Gasteiger partial charge is 0.304 e. The van der Waals surface area contributed by atoms with Gasteiger partial charge in [0.25, 0.3) is 0 Å². The molecule has 0 aliphatic heterocycles. The molecule has 0 aliphatic carbocycles. The molecule has 29 heavy (non-hydrogen) atoms. The number of amides is 1. The first-order valence-electron chi connectivity index (χ1n) is 12.2. The monoisotopic (exact) mass is 409 g/mol. The lowest BCUT2D eigenvalue weighted by Gasteiger charge is -2.24. The molecule has 4 nitrogen and oxygen atoms in total. The summed E-state index contributed by atoms with van der Waals surface area (Å²) in [6.45, 7) is 7.45.